The number of anilines is 4. The first kappa shape index (κ1) is 44.1. The lowest BCUT2D eigenvalue weighted by Crippen LogP contribution is -2.55. The van der Waals surface area contributed by atoms with E-state index < -0.39 is 11.1 Å². The van der Waals surface area contributed by atoms with Crippen molar-refractivity contribution >= 4 is 86.5 Å². The molecule has 3 amide bonds. The third-order valence-electron chi connectivity index (χ3n) is 12.9. The van der Waals surface area contributed by atoms with Gasteiger partial charge in [0, 0.05) is 43.3 Å². The normalized spacial score (nSPS) is 17.1. The zero-order chi connectivity index (χ0) is 44.3. The van der Waals surface area contributed by atoms with Gasteiger partial charge in [-0.1, -0.05) is 49.7 Å². The van der Waals surface area contributed by atoms with Gasteiger partial charge < -0.3 is 14.7 Å². The van der Waals surface area contributed by atoms with Crippen LogP contribution in [0.2, 0.25) is 0 Å². The molecule has 4 aromatic rings. The average Bonchev–Trinajstić information content (AvgIpc) is 3.62. The van der Waals surface area contributed by atoms with Gasteiger partial charge in [-0.3, -0.25) is 24.2 Å². The molecule has 2 aliphatic carbocycles. The predicted molar refractivity (Wildman–Crippen MR) is 256 cm³/mol. The first-order chi connectivity index (χ1) is 29.8. The molecule has 4 aliphatic rings. The lowest BCUT2D eigenvalue weighted by Gasteiger charge is -2.43. The summed E-state index contributed by atoms with van der Waals surface area (Å²) < 4.78 is 0. The summed E-state index contributed by atoms with van der Waals surface area (Å²) in [6.45, 7) is 20.5. The van der Waals surface area contributed by atoms with Gasteiger partial charge in [0.1, 0.15) is 11.1 Å². The molecule has 0 unspecified atom stereocenters. The standard InChI is InChI=1S/C26H28N4O2S.C24H25N3OS/c1-18-17-21(13-14-22(18)27-2)29-24(32)26(15-6-16-26)30(25(29)33)20-11-9-19(10-12-20)7-5-8-23(31)28(3)4;1-4-5-7-18-8-10-19(11-9-18)27-23(29)26(22(28)24(27)14-6-15-24)20-12-13-21(25-3)17(2)16-20/h9-14,17H,5-8,15-16H2,1,3-4H3;8-13,16H,4-7,14-15H2,1-2H3. The summed E-state index contributed by atoms with van der Waals surface area (Å²) in [6.07, 6.45) is 10.8. The quantitative estimate of drug-likeness (QED) is 0.110. The van der Waals surface area contributed by atoms with Gasteiger partial charge in [-0.2, -0.15) is 0 Å². The fourth-order valence-electron chi connectivity index (χ4n) is 8.90. The molecule has 2 aliphatic heterocycles. The van der Waals surface area contributed by atoms with E-state index in [1.54, 1.807) is 47.0 Å². The molecular weight excluding hydrogens is 811 g/mol. The number of carbonyl (C=O) groups excluding carboxylic acids is 3. The highest BCUT2D eigenvalue weighted by atomic mass is 32.1. The fraction of sp³-hybridized carbons (Fsp3) is 0.380. The predicted octanol–water partition coefficient (Wildman–Crippen LogP) is 11.0. The van der Waals surface area contributed by atoms with Gasteiger partial charge in [0.05, 0.1) is 13.1 Å². The van der Waals surface area contributed by atoms with Crippen LogP contribution >= 0.6 is 24.4 Å². The van der Waals surface area contributed by atoms with Crippen molar-refractivity contribution in [2.45, 2.75) is 109 Å². The number of rotatable bonds is 11. The van der Waals surface area contributed by atoms with Gasteiger partial charge in [0.15, 0.2) is 21.6 Å². The molecule has 2 saturated heterocycles. The van der Waals surface area contributed by atoms with Crippen molar-refractivity contribution in [3.63, 3.8) is 0 Å². The molecule has 0 aromatic heterocycles. The Morgan fingerprint density at radius 3 is 1.35 bits per heavy atom. The Hall–Kier alpha value is -5.95. The van der Waals surface area contributed by atoms with Crippen molar-refractivity contribution in [2.24, 2.45) is 0 Å². The van der Waals surface area contributed by atoms with E-state index >= 15 is 0 Å². The van der Waals surface area contributed by atoms with Crippen molar-refractivity contribution in [3.8, 4) is 0 Å². The highest BCUT2D eigenvalue weighted by Crippen LogP contribution is 2.49. The van der Waals surface area contributed by atoms with Crippen LogP contribution in [0.15, 0.2) is 84.9 Å². The number of aryl methyl sites for hydroxylation is 4. The molecule has 2 saturated carbocycles. The van der Waals surface area contributed by atoms with E-state index in [0.29, 0.717) is 33.7 Å². The SMILES string of the molecule is [C-]#[N+]c1ccc(N2C(=O)C3(CCC3)N(c3ccc(CCCC(=O)N(C)C)cc3)C2=S)cc1C.[C-]#[N+]c1ccc(N2C(=O)C3(CCC3)N(c3ccc(CCCC)cc3)C2=S)cc1C. The van der Waals surface area contributed by atoms with Crippen LogP contribution in [0.4, 0.5) is 34.1 Å². The maximum atomic E-state index is 13.6. The number of hydrogen-bond donors (Lipinski definition) is 0. The van der Waals surface area contributed by atoms with E-state index in [0.717, 1.165) is 91.5 Å². The van der Waals surface area contributed by atoms with E-state index in [2.05, 4.69) is 57.9 Å². The van der Waals surface area contributed by atoms with Gasteiger partial charge in [-0.05, 0) is 173 Å². The average molecular weight is 864 g/mol. The summed E-state index contributed by atoms with van der Waals surface area (Å²) in [5.41, 5.74) is 7.52. The largest absolute Gasteiger partial charge is 0.349 e. The van der Waals surface area contributed by atoms with Crippen molar-refractivity contribution in [1.82, 2.24) is 4.90 Å². The van der Waals surface area contributed by atoms with Crippen LogP contribution in [0, 0.1) is 27.0 Å². The second kappa shape index (κ2) is 18.2. The van der Waals surface area contributed by atoms with E-state index in [1.807, 2.05) is 49.1 Å². The van der Waals surface area contributed by atoms with Gasteiger partial charge in [0.2, 0.25) is 5.91 Å². The smallest absolute Gasteiger partial charge is 0.259 e. The number of hydrogen-bond acceptors (Lipinski definition) is 5. The molecule has 4 aromatic carbocycles. The lowest BCUT2D eigenvalue weighted by atomic mass is 9.75. The van der Waals surface area contributed by atoms with Crippen LogP contribution in [0.1, 0.15) is 93.4 Å². The molecule has 0 bridgehead atoms. The summed E-state index contributed by atoms with van der Waals surface area (Å²) in [5.74, 6) is 0.206. The minimum absolute atomic E-state index is 0.0139. The molecule has 12 heteroatoms. The van der Waals surface area contributed by atoms with Crippen LogP contribution < -0.4 is 19.6 Å². The van der Waals surface area contributed by atoms with Gasteiger partial charge in [0.25, 0.3) is 11.8 Å². The minimum atomic E-state index is -0.622. The summed E-state index contributed by atoms with van der Waals surface area (Å²) in [4.78, 5) is 55.0. The van der Waals surface area contributed by atoms with Crippen molar-refractivity contribution in [1.29, 1.82) is 0 Å². The molecule has 0 N–H and O–H groups in total. The Kier molecular flexibility index (Phi) is 12.9. The topological polar surface area (TPSA) is 76.1 Å². The summed E-state index contributed by atoms with van der Waals surface area (Å²) in [5, 5.41) is 1.02. The molecule has 0 atom stereocenters. The van der Waals surface area contributed by atoms with E-state index in [-0.39, 0.29) is 17.7 Å². The first-order valence-electron chi connectivity index (χ1n) is 21.5. The van der Waals surface area contributed by atoms with E-state index in [4.69, 9.17) is 37.6 Å². The minimum Gasteiger partial charge on any atom is -0.349 e. The Labute approximate surface area is 376 Å². The van der Waals surface area contributed by atoms with Crippen LogP contribution in [0.25, 0.3) is 9.69 Å². The summed E-state index contributed by atoms with van der Waals surface area (Å²) >= 11 is 11.7. The van der Waals surface area contributed by atoms with Crippen molar-refractivity contribution in [3.05, 3.63) is 130 Å². The molecule has 4 fully saturated rings. The van der Waals surface area contributed by atoms with Gasteiger partial charge >= 0.3 is 0 Å². The van der Waals surface area contributed by atoms with Crippen molar-refractivity contribution in [2.75, 3.05) is 33.7 Å². The Balaban J connectivity index is 0.000000188. The molecule has 318 valence electrons. The van der Waals surface area contributed by atoms with Crippen molar-refractivity contribution < 1.29 is 14.4 Å². The highest BCUT2D eigenvalue weighted by Gasteiger charge is 2.60. The van der Waals surface area contributed by atoms with Crippen LogP contribution in [0.5, 0.6) is 0 Å². The van der Waals surface area contributed by atoms with E-state index in [1.165, 1.54) is 18.4 Å². The Morgan fingerprint density at radius 2 is 1.03 bits per heavy atom. The third kappa shape index (κ3) is 7.98. The number of benzene rings is 4. The molecule has 62 heavy (non-hydrogen) atoms. The number of carbonyl (C=O) groups is 3. The third-order valence-corrected chi connectivity index (χ3v) is 13.6. The number of unbranched alkanes of at least 4 members (excludes halogenated alkanes) is 1. The number of thiocarbonyl (C=S) groups is 2. The zero-order valence-corrected chi connectivity index (χ0v) is 37.9. The van der Waals surface area contributed by atoms with Crippen LogP contribution in [-0.4, -0.2) is 58.0 Å². The van der Waals surface area contributed by atoms with E-state index in [9.17, 15) is 14.4 Å². The van der Waals surface area contributed by atoms with Gasteiger partial charge in [-0.25, -0.2) is 9.69 Å². The second-order valence-corrected chi connectivity index (χ2v) is 17.8. The summed E-state index contributed by atoms with van der Waals surface area (Å²) in [7, 11) is 3.55. The molecule has 8 rings (SSSR count). The maximum absolute atomic E-state index is 13.6. The zero-order valence-electron chi connectivity index (χ0n) is 36.2. The molecule has 10 nitrogen and oxygen atoms in total. The second-order valence-electron chi connectivity index (χ2n) is 17.0. The molecule has 0 radical (unpaired) electrons. The lowest BCUT2D eigenvalue weighted by molar-refractivity contribution is -0.128. The monoisotopic (exact) mass is 863 g/mol. The highest BCUT2D eigenvalue weighted by molar-refractivity contribution is 7.81. The Bertz CT molecular complexity index is 2500. The molecule has 2 heterocycles. The molecule has 2 spiro atoms. The van der Waals surface area contributed by atoms with Crippen LogP contribution in [0.3, 0.4) is 0 Å². The van der Waals surface area contributed by atoms with Crippen LogP contribution in [-0.2, 0) is 27.2 Å². The number of amides is 3. The first-order valence-corrected chi connectivity index (χ1v) is 22.3. The fourth-order valence-corrected chi connectivity index (χ4v) is 9.83. The Morgan fingerprint density at radius 1 is 0.645 bits per heavy atom. The maximum Gasteiger partial charge on any atom is 0.259 e. The number of nitrogens with zero attached hydrogens (tertiary/aromatic N) is 7. The summed E-state index contributed by atoms with van der Waals surface area (Å²) in [6, 6.07) is 27.6. The molecular formula is C50H53N7O3S2. The van der Waals surface area contributed by atoms with Gasteiger partial charge in [-0.15, -0.1) is 0 Å².